The molecule has 104 valence electrons. The SMILES string of the molecule is CCC(C)NC1(C(=O)OC)CCSc2ccccc21. The summed E-state index contributed by atoms with van der Waals surface area (Å²) in [7, 11) is 1.47. The Hall–Kier alpha value is -1.00. The molecule has 19 heavy (non-hydrogen) atoms. The lowest BCUT2D eigenvalue weighted by molar-refractivity contribution is -0.150. The quantitative estimate of drug-likeness (QED) is 0.860. The van der Waals surface area contributed by atoms with Crippen LogP contribution in [0.25, 0.3) is 0 Å². The molecule has 0 spiro atoms. The summed E-state index contributed by atoms with van der Waals surface area (Å²) in [5.74, 6) is 0.746. The van der Waals surface area contributed by atoms with Gasteiger partial charge in [-0.25, -0.2) is 4.79 Å². The molecule has 0 saturated heterocycles. The van der Waals surface area contributed by atoms with Crippen molar-refractivity contribution >= 4 is 17.7 Å². The van der Waals surface area contributed by atoms with E-state index in [-0.39, 0.29) is 12.0 Å². The molecule has 1 heterocycles. The Morgan fingerprint density at radius 3 is 2.95 bits per heavy atom. The van der Waals surface area contributed by atoms with Gasteiger partial charge in [-0.2, -0.15) is 0 Å². The summed E-state index contributed by atoms with van der Waals surface area (Å²) in [6, 6.07) is 8.39. The Morgan fingerprint density at radius 2 is 2.26 bits per heavy atom. The first-order valence-corrected chi connectivity index (χ1v) is 7.71. The normalized spacial score (nSPS) is 23.5. The van der Waals surface area contributed by atoms with Crippen LogP contribution in [0.2, 0.25) is 0 Å². The molecule has 0 aromatic heterocycles. The Morgan fingerprint density at radius 1 is 1.53 bits per heavy atom. The monoisotopic (exact) mass is 279 g/mol. The minimum absolute atomic E-state index is 0.180. The third-order valence-corrected chi connectivity index (χ3v) is 4.80. The number of fused-ring (bicyclic) bond motifs is 1. The van der Waals surface area contributed by atoms with E-state index in [1.807, 2.05) is 18.2 Å². The van der Waals surface area contributed by atoms with Gasteiger partial charge < -0.3 is 4.74 Å². The lowest BCUT2D eigenvalue weighted by atomic mass is 9.85. The van der Waals surface area contributed by atoms with Crippen LogP contribution >= 0.6 is 11.8 Å². The molecule has 1 aliphatic heterocycles. The fraction of sp³-hybridized carbons (Fsp3) is 0.533. The van der Waals surface area contributed by atoms with E-state index in [4.69, 9.17) is 4.74 Å². The summed E-state index contributed by atoms with van der Waals surface area (Å²) < 4.78 is 5.08. The van der Waals surface area contributed by atoms with Gasteiger partial charge in [-0.1, -0.05) is 25.1 Å². The third-order valence-electron chi connectivity index (χ3n) is 3.72. The van der Waals surface area contributed by atoms with E-state index < -0.39 is 5.54 Å². The summed E-state index contributed by atoms with van der Waals surface area (Å²) in [6.45, 7) is 4.22. The molecule has 0 saturated carbocycles. The van der Waals surface area contributed by atoms with Crippen LogP contribution < -0.4 is 5.32 Å². The topological polar surface area (TPSA) is 38.3 Å². The first-order chi connectivity index (χ1) is 9.14. The average Bonchev–Trinajstić information content (AvgIpc) is 2.46. The maximum atomic E-state index is 12.4. The van der Waals surface area contributed by atoms with Gasteiger partial charge in [0.15, 0.2) is 0 Å². The van der Waals surface area contributed by atoms with E-state index in [2.05, 4.69) is 25.2 Å². The fourth-order valence-electron chi connectivity index (χ4n) is 2.51. The Bertz CT molecular complexity index is 463. The lowest BCUT2D eigenvalue weighted by Gasteiger charge is -2.39. The van der Waals surface area contributed by atoms with Crippen LogP contribution in [0.15, 0.2) is 29.2 Å². The number of ether oxygens (including phenoxy) is 1. The highest BCUT2D eigenvalue weighted by Crippen LogP contribution is 2.41. The minimum Gasteiger partial charge on any atom is -0.467 e. The average molecular weight is 279 g/mol. The highest BCUT2D eigenvalue weighted by molar-refractivity contribution is 7.99. The van der Waals surface area contributed by atoms with Crippen molar-refractivity contribution in [3.8, 4) is 0 Å². The first-order valence-electron chi connectivity index (χ1n) is 6.72. The van der Waals surface area contributed by atoms with E-state index in [9.17, 15) is 4.79 Å². The van der Waals surface area contributed by atoms with Crippen LogP contribution in [-0.2, 0) is 15.1 Å². The molecule has 1 aromatic carbocycles. The summed E-state index contributed by atoms with van der Waals surface area (Å²) in [5, 5.41) is 3.50. The van der Waals surface area contributed by atoms with Crippen LogP contribution in [0.5, 0.6) is 0 Å². The number of nitrogens with one attached hydrogen (secondary N) is 1. The number of thioether (sulfide) groups is 1. The molecule has 2 rings (SSSR count). The van der Waals surface area contributed by atoms with Gasteiger partial charge in [-0.15, -0.1) is 11.8 Å². The molecule has 4 heteroatoms. The molecule has 3 nitrogen and oxygen atoms in total. The standard InChI is InChI=1S/C15H21NO2S/c1-4-11(2)16-15(14(17)18-3)9-10-19-13-8-6-5-7-12(13)15/h5-8,11,16H,4,9-10H2,1-3H3. The van der Waals surface area contributed by atoms with Crippen molar-refractivity contribution in [3.05, 3.63) is 29.8 Å². The Labute approximate surface area is 119 Å². The number of carbonyl (C=O) groups excluding carboxylic acids is 1. The number of esters is 1. The van der Waals surface area contributed by atoms with Crippen LogP contribution in [0.4, 0.5) is 0 Å². The predicted molar refractivity (Wildman–Crippen MR) is 78.4 cm³/mol. The second kappa shape index (κ2) is 5.97. The van der Waals surface area contributed by atoms with Gasteiger partial charge in [0.2, 0.25) is 0 Å². The fourth-order valence-corrected chi connectivity index (χ4v) is 3.71. The number of methoxy groups -OCH3 is 1. The molecule has 1 aromatic rings. The zero-order chi connectivity index (χ0) is 13.9. The van der Waals surface area contributed by atoms with Gasteiger partial charge in [0.25, 0.3) is 0 Å². The minimum atomic E-state index is -0.688. The second-order valence-electron chi connectivity index (χ2n) is 4.95. The predicted octanol–water partition coefficient (Wildman–Crippen LogP) is 2.94. The van der Waals surface area contributed by atoms with Crippen molar-refractivity contribution in [1.29, 1.82) is 0 Å². The molecule has 0 radical (unpaired) electrons. The lowest BCUT2D eigenvalue weighted by Crippen LogP contribution is -2.54. The van der Waals surface area contributed by atoms with Gasteiger partial charge >= 0.3 is 5.97 Å². The second-order valence-corrected chi connectivity index (χ2v) is 6.08. The molecule has 0 fully saturated rings. The number of rotatable bonds is 4. The van der Waals surface area contributed by atoms with E-state index >= 15 is 0 Å². The highest BCUT2D eigenvalue weighted by Gasteiger charge is 2.45. The molecule has 0 bridgehead atoms. The van der Waals surface area contributed by atoms with Crippen LogP contribution in [0.1, 0.15) is 32.3 Å². The van der Waals surface area contributed by atoms with Gasteiger partial charge in [0.05, 0.1) is 7.11 Å². The van der Waals surface area contributed by atoms with E-state index in [1.54, 1.807) is 11.8 Å². The molecule has 1 aliphatic rings. The molecular weight excluding hydrogens is 258 g/mol. The molecular formula is C15H21NO2S. The smallest absolute Gasteiger partial charge is 0.330 e. The zero-order valence-corrected chi connectivity index (χ0v) is 12.5. The summed E-state index contributed by atoms with van der Waals surface area (Å²) in [6.07, 6.45) is 1.75. The Balaban J connectivity index is 2.47. The van der Waals surface area contributed by atoms with Gasteiger partial charge in [-0.05, 0) is 31.4 Å². The summed E-state index contributed by atoms with van der Waals surface area (Å²) in [4.78, 5) is 13.6. The number of carbonyl (C=O) groups is 1. The summed E-state index contributed by atoms with van der Waals surface area (Å²) >= 11 is 1.81. The maximum Gasteiger partial charge on any atom is 0.330 e. The number of hydrogen-bond donors (Lipinski definition) is 1. The van der Waals surface area contributed by atoms with E-state index in [1.165, 1.54) is 12.0 Å². The molecule has 0 amide bonds. The van der Waals surface area contributed by atoms with Crippen molar-refractivity contribution < 1.29 is 9.53 Å². The van der Waals surface area contributed by atoms with Crippen LogP contribution in [-0.4, -0.2) is 24.9 Å². The largest absolute Gasteiger partial charge is 0.467 e. The van der Waals surface area contributed by atoms with Crippen molar-refractivity contribution in [2.75, 3.05) is 12.9 Å². The highest BCUT2D eigenvalue weighted by atomic mass is 32.2. The molecule has 1 N–H and O–H groups in total. The molecule has 0 aliphatic carbocycles. The zero-order valence-electron chi connectivity index (χ0n) is 11.7. The van der Waals surface area contributed by atoms with Gasteiger partial charge in [0, 0.05) is 16.7 Å². The summed E-state index contributed by atoms with van der Waals surface area (Å²) in [5.41, 5.74) is 0.366. The van der Waals surface area contributed by atoms with Gasteiger partial charge in [-0.3, -0.25) is 5.32 Å². The van der Waals surface area contributed by atoms with Crippen molar-refractivity contribution in [3.63, 3.8) is 0 Å². The maximum absolute atomic E-state index is 12.4. The number of benzene rings is 1. The van der Waals surface area contributed by atoms with E-state index in [0.29, 0.717) is 0 Å². The third kappa shape index (κ3) is 2.65. The van der Waals surface area contributed by atoms with Crippen LogP contribution in [0, 0.1) is 0 Å². The van der Waals surface area contributed by atoms with E-state index in [0.717, 1.165) is 24.2 Å². The van der Waals surface area contributed by atoms with Crippen LogP contribution in [0.3, 0.4) is 0 Å². The van der Waals surface area contributed by atoms with Gasteiger partial charge in [0.1, 0.15) is 5.54 Å². The van der Waals surface area contributed by atoms with Crippen molar-refractivity contribution in [2.24, 2.45) is 0 Å². The first kappa shape index (κ1) is 14.4. The van der Waals surface area contributed by atoms with Crippen molar-refractivity contribution in [1.82, 2.24) is 5.32 Å². The number of hydrogen-bond acceptors (Lipinski definition) is 4. The Kier molecular flexibility index (Phi) is 4.53. The van der Waals surface area contributed by atoms with Crippen molar-refractivity contribution in [2.45, 2.75) is 43.2 Å². The molecule has 2 unspecified atom stereocenters. The molecule has 2 atom stereocenters.